The summed E-state index contributed by atoms with van der Waals surface area (Å²) in [6.07, 6.45) is 1.63. The average Bonchev–Trinajstić information content (AvgIpc) is 2.78. The second kappa shape index (κ2) is 5.04. The van der Waals surface area contributed by atoms with Gasteiger partial charge in [-0.15, -0.1) is 0 Å². The van der Waals surface area contributed by atoms with Crippen molar-refractivity contribution in [2.75, 3.05) is 11.9 Å². The van der Waals surface area contributed by atoms with Crippen molar-refractivity contribution < 1.29 is 9.53 Å². The Hall–Kier alpha value is -1.46. The number of nitrogens with two attached hydrogens (primary N) is 1. The summed E-state index contributed by atoms with van der Waals surface area (Å²) in [5.74, 6) is -0.149. The van der Waals surface area contributed by atoms with Crippen LogP contribution in [0.25, 0.3) is 0 Å². The molecule has 0 radical (unpaired) electrons. The Balaban J connectivity index is 2.19. The van der Waals surface area contributed by atoms with Gasteiger partial charge in [-0.05, 0) is 31.9 Å². The smallest absolute Gasteiger partial charge is 0.256 e. The summed E-state index contributed by atoms with van der Waals surface area (Å²) >= 11 is 4.96. The van der Waals surface area contributed by atoms with Gasteiger partial charge in [-0.3, -0.25) is 4.79 Å². The number of carbonyl (C=O) groups is 1. The molecule has 4 nitrogen and oxygen atoms in total. The molecule has 1 aliphatic rings. The number of carbonyl (C=O) groups excluding carboxylic acids is 1. The number of para-hydroxylation sites is 1. The van der Waals surface area contributed by atoms with Crippen molar-refractivity contribution in [1.82, 2.24) is 0 Å². The average molecular weight is 264 g/mol. The molecule has 1 atom stereocenters. The van der Waals surface area contributed by atoms with E-state index in [0.717, 1.165) is 12.8 Å². The standard InChI is InChI=1S/C13H16N2O2S/c1-13(7-4-8-17-13)12(16)15-10-6-3-2-5-9(10)11(14)18/h2-3,5-6H,4,7-8H2,1H3,(H2,14,18)(H,15,16). The summed E-state index contributed by atoms with van der Waals surface area (Å²) in [5.41, 5.74) is 6.18. The van der Waals surface area contributed by atoms with Crippen molar-refractivity contribution in [1.29, 1.82) is 0 Å². The number of nitrogens with one attached hydrogen (secondary N) is 1. The third-order valence-electron chi connectivity index (χ3n) is 3.14. The van der Waals surface area contributed by atoms with E-state index in [4.69, 9.17) is 22.7 Å². The quantitative estimate of drug-likeness (QED) is 0.817. The Morgan fingerprint density at radius 3 is 2.83 bits per heavy atom. The van der Waals surface area contributed by atoms with Gasteiger partial charge in [0, 0.05) is 12.2 Å². The third kappa shape index (κ3) is 2.52. The zero-order valence-corrected chi connectivity index (χ0v) is 11.0. The lowest BCUT2D eigenvalue weighted by molar-refractivity contribution is -0.133. The van der Waals surface area contributed by atoms with E-state index in [9.17, 15) is 4.79 Å². The molecule has 18 heavy (non-hydrogen) atoms. The van der Waals surface area contributed by atoms with Gasteiger partial charge in [0.05, 0.1) is 5.69 Å². The van der Waals surface area contributed by atoms with Crippen molar-refractivity contribution in [3.63, 3.8) is 0 Å². The first kappa shape index (κ1) is 13.0. The minimum absolute atomic E-state index is 0.149. The second-order valence-corrected chi connectivity index (χ2v) is 4.99. The maximum Gasteiger partial charge on any atom is 0.256 e. The number of benzene rings is 1. The third-order valence-corrected chi connectivity index (χ3v) is 3.36. The number of anilines is 1. The van der Waals surface area contributed by atoms with E-state index in [1.54, 1.807) is 19.1 Å². The van der Waals surface area contributed by atoms with Crippen LogP contribution in [-0.2, 0) is 9.53 Å². The molecule has 1 aromatic carbocycles. The summed E-state index contributed by atoms with van der Waals surface area (Å²) < 4.78 is 5.50. The van der Waals surface area contributed by atoms with Gasteiger partial charge >= 0.3 is 0 Å². The molecule has 1 aliphatic heterocycles. The minimum atomic E-state index is -0.747. The molecule has 1 fully saturated rings. The second-order valence-electron chi connectivity index (χ2n) is 4.55. The number of rotatable bonds is 3. The molecule has 3 N–H and O–H groups in total. The Labute approximate surface area is 112 Å². The molecule has 1 unspecified atom stereocenters. The first-order valence-corrected chi connectivity index (χ1v) is 6.28. The molecule has 0 spiro atoms. The Morgan fingerprint density at radius 2 is 2.22 bits per heavy atom. The fourth-order valence-corrected chi connectivity index (χ4v) is 2.20. The van der Waals surface area contributed by atoms with Crippen LogP contribution in [0.3, 0.4) is 0 Å². The van der Waals surface area contributed by atoms with E-state index in [-0.39, 0.29) is 10.9 Å². The first-order valence-electron chi connectivity index (χ1n) is 5.87. The lowest BCUT2D eigenvalue weighted by Gasteiger charge is -2.22. The Morgan fingerprint density at radius 1 is 1.50 bits per heavy atom. The molecule has 0 aromatic heterocycles. The first-order chi connectivity index (χ1) is 8.53. The van der Waals surface area contributed by atoms with E-state index < -0.39 is 5.60 Å². The lowest BCUT2D eigenvalue weighted by Crippen LogP contribution is -2.39. The predicted octanol–water partition coefficient (Wildman–Crippen LogP) is 1.83. The highest BCUT2D eigenvalue weighted by atomic mass is 32.1. The van der Waals surface area contributed by atoms with Gasteiger partial charge in [-0.1, -0.05) is 24.4 Å². The van der Waals surface area contributed by atoms with E-state index >= 15 is 0 Å². The molecule has 96 valence electrons. The minimum Gasteiger partial charge on any atom is -0.389 e. The van der Waals surface area contributed by atoms with Crippen molar-refractivity contribution >= 4 is 28.8 Å². The summed E-state index contributed by atoms with van der Waals surface area (Å²) in [6.45, 7) is 2.43. The molecule has 1 aromatic rings. The zero-order valence-electron chi connectivity index (χ0n) is 10.2. The van der Waals surface area contributed by atoms with E-state index in [1.807, 2.05) is 12.1 Å². The topological polar surface area (TPSA) is 64.4 Å². The number of amides is 1. The van der Waals surface area contributed by atoms with Crippen LogP contribution >= 0.6 is 12.2 Å². The van der Waals surface area contributed by atoms with E-state index in [2.05, 4.69) is 5.32 Å². The number of hydrogen-bond donors (Lipinski definition) is 2. The van der Waals surface area contributed by atoms with Gasteiger partial charge in [0.25, 0.3) is 5.91 Å². The van der Waals surface area contributed by atoms with Crippen molar-refractivity contribution in [2.24, 2.45) is 5.73 Å². The molecule has 0 bridgehead atoms. The molecule has 0 aliphatic carbocycles. The monoisotopic (exact) mass is 264 g/mol. The number of hydrogen-bond acceptors (Lipinski definition) is 3. The SMILES string of the molecule is CC1(C(=O)Nc2ccccc2C(N)=S)CCCO1. The largest absolute Gasteiger partial charge is 0.389 e. The highest BCUT2D eigenvalue weighted by molar-refractivity contribution is 7.80. The van der Waals surface area contributed by atoms with Gasteiger partial charge in [-0.2, -0.15) is 0 Å². The molecular weight excluding hydrogens is 248 g/mol. The van der Waals surface area contributed by atoms with Crippen molar-refractivity contribution in [3.8, 4) is 0 Å². The van der Waals surface area contributed by atoms with Crippen LogP contribution in [0.4, 0.5) is 5.69 Å². The van der Waals surface area contributed by atoms with Crippen LogP contribution in [0, 0.1) is 0 Å². The van der Waals surface area contributed by atoms with Gasteiger partial charge in [-0.25, -0.2) is 0 Å². The van der Waals surface area contributed by atoms with Crippen LogP contribution in [0.15, 0.2) is 24.3 Å². The maximum absolute atomic E-state index is 12.2. The summed E-state index contributed by atoms with van der Waals surface area (Å²) in [4.78, 5) is 12.5. The van der Waals surface area contributed by atoms with Crippen LogP contribution in [0.2, 0.25) is 0 Å². The van der Waals surface area contributed by atoms with Gasteiger partial charge in [0.2, 0.25) is 0 Å². The molecule has 5 heteroatoms. The van der Waals surface area contributed by atoms with Gasteiger partial charge in [0.1, 0.15) is 10.6 Å². The van der Waals surface area contributed by atoms with Gasteiger partial charge < -0.3 is 15.8 Å². The Bertz CT molecular complexity index is 482. The van der Waals surface area contributed by atoms with E-state index in [1.165, 1.54) is 0 Å². The number of ether oxygens (including phenoxy) is 1. The molecule has 0 saturated carbocycles. The van der Waals surface area contributed by atoms with E-state index in [0.29, 0.717) is 17.9 Å². The molecule has 1 saturated heterocycles. The van der Waals surface area contributed by atoms with Crippen LogP contribution in [0.1, 0.15) is 25.3 Å². The predicted molar refractivity (Wildman–Crippen MR) is 74.6 cm³/mol. The van der Waals surface area contributed by atoms with Crippen LogP contribution in [-0.4, -0.2) is 23.1 Å². The molecule has 1 amide bonds. The van der Waals surface area contributed by atoms with Crippen molar-refractivity contribution in [2.45, 2.75) is 25.4 Å². The maximum atomic E-state index is 12.2. The fraction of sp³-hybridized carbons (Fsp3) is 0.385. The summed E-state index contributed by atoms with van der Waals surface area (Å²) in [6, 6.07) is 7.23. The summed E-state index contributed by atoms with van der Waals surface area (Å²) in [5, 5.41) is 2.84. The highest BCUT2D eigenvalue weighted by Crippen LogP contribution is 2.27. The molecule has 1 heterocycles. The zero-order chi connectivity index (χ0) is 13.2. The summed E-state index contributed by atoms with van der Waals surface area (Å²) in [7, 11) is 0. The molecule has 2 rings (SSSR count). The van der Waals surface area contributed by atoms with Crippen LogP contribution in [0.5, 0.6) is 0 Å². The van der Waals surface area contributed by atoms with Gasteiger partial charge in [0.15, 0.2) is 0 Å². The fourth-order valence-electron chi connectivity index (χ4n) is 2.02. The number of thiocarbonyl (C=S) groups is 1. The van der Waals surface area contributed by atoms with Crippen LogP contribution < -0.4 is 11.1 Å². The Kier molecular flexibility index (Phi) is 3.63. The normalized spacial score (nSPS) is 22.7. The molecular formula is C13H16N2O2S. The van der Waals surface area contributed by atoms with Crippen molar-refractivity contribution in [3.05, 3.63) is 29.8 Å². The highest BCUT2D eigenvalue weighted by Gasteiger charge is 2.37. The lowest BCUT2D eigenvalue weighted by atomic mass is 10.0.